The van der Waals surface area contributed by atoms with Gasteiger partial charge in [-0.1, -0.05) is 51.5 Å². The summed E-state index contributed by atoms with van der Waals surface area (Å²) in [5.74, 6) is 3.05. The minimum absolute atomic E-state index is 0.772. The molecule has 0 aliphatic heterocycles. The summed E-state index contributed by atoms with van der Waals surface area (Å²) in [6.45, 7) is 9.09. The average Bonchev–Trinajstić information content (AvgIpc) is 2.33. The summed E-state index contributed by atoms with van der Waals surface area (Å²) in [5.41, 5.74) is 1.51. The largest absolute Gasteiger partial charge is 0.0731 e. The zero-order valence-corrected chi connectivity index (χ0v) is 9.30. The molecule has 0 saturated heterocycles. The van der Waals surface area contributed by atoms with Crippen molar-refractivity contribution in [3.63, 3.8) is 0 Å². The molecule has 0 N–H and O–H groups in total. The van der Waals surface area contributed by atoms with Crippen LogP contribution in [0.3, 0.4) is 0 Å². The summed E-state index contributed by atoms with van der Waals surface area (Å²) < 4.78 is 0. The molecule has 0 atom stereocenters. The second-order valence-corrected chi connectivity index (χ2v) is 4.82. The highest BCUT2D eigenvalue weighted by Gasteiger charge is 2.12. The summed E-state index contributed by atoms with van der Waals surface area (Å²) in [7, 11) is 0. The van der Waals surface area contributed by atoms with Crippen LogP contribution < -0.4 is 0 Å². The van der Waals surface area contributed by atoms with E-state index < -0.39 is 0 Å². The van der Waals surface area contributed by atoms with E-state index in [-0.39, 0.29) is 0 Å². The molecule has 0 amide bonds. The fraction of sp³-hybridized carbons (Fsp3) is 0.615. The average molecular weight is 177 g/mol. The van der Waals surface area contributed by atoms with Crippen LogP contribution in [-0.2, 0) is 0 Å². The van der Waals surface area contributed by atoms with Gasteiger partial charge in [-0.05, 0) is 24.7 Å². The van der Waals surface area contributed by atoms with Crippen LogP contribution in [0.1, 0.15) is 40.5 Å². The summed E-state index contributed by atoms with van der Waals surface area (Å²) in [5, 5.41) is 0. The van der Waals surface area contributed by atoms with Gasteiger partial charge in [0.1, 0.15) is 0 Å². The molecule has 0 bridgehead atoms. The highest BCUT2D eigenvalue weighted by molar-refractivity contribution is 5.41. The highest BCUT2D eigenvalue weighted by atomic mass is 14.2. The normalized spacial score (nSPS) is 17.5. The molecule has 0 aromatic carbocycles. The van der Waals surface area contributed by atoms with Crippen molar-refractivity contribution in [1.82, 2.24) is 0 Å². The van der Waals surface area contributed by atoms with Crippen molar-refractivity contribution in [3.05, 3.63) is 29.7 Å². The van der Waals surface area contributed by atoms with Crippen LogP contribution in [0.2, 0.25) is 0 Å². The van der Waals surface area contributed by atoms with E-state index in [4.69, 9.17) is 0 Å². The van der Waals surface area contributed by atoms with E-state index in [2.05, 4.69) is 45.9 Å². The van der Waals surface area contributed by atoms with E-state index in [0.29, 0.717) is 0 Å². The lowest BCUT2D eigenvalue weighted by Gasteiger charge is -2.07. The van der Waals surface area contributed by atoms with Gasteiger partial charge < -0.3 is 0 Å². The molecule has 0 aromatic rings. The van der Waals surface area contributed by atoms with Crippen molar-refractivity contribution in [2.24, 2.45) is 11.8 Å². The molecular formula is C13H21. The molecule has 1 radical (unpaired) electrons. The zero-order chi connectivity index (χ0) is 9.84. The Bertz CT molecular complexity index is 206. The maximum absolute atomic E-state index is 2.36. The molecule has 73 valence electrons. The van der Waals surface area contributed by atoms with Crippen molar-refractivity contribution in [2.45, 2.75) is 40.5 Å². The van der Waals surface area contributed by atoms with Crippen LogP contribution in [0.25, 0.3) is 0 Å². The van der Waals surface area contributed by atoms with Crippen molar-refractivity contribution in [3.8, 4) is 0 Å². The first-order valence-corrected chi connectivity index (χ1v) is 5.32. The monoisotopic (exact) mass is 177 g/mol. The fourth-order valence-corrected chi connectivity index (χ4v) is 1.75. The van der Waals surface area contributed by atoms with E-state index in [9.17, 15) is 0 Å². The van der Waals surface area contributed by atoms with Gasteiger partial charge in [-0.2, -0.15) is 0 Å². The predicted molar refractivity (Wildman–Crippen MR) is 59.4 cm³/mol. The van der Waals surface area contributed by atoms with Crippen LogP contribution in [0.5, 0.6) is 0 Å². The maximum atomic E-state index is 2.36. The Balaban J connectivity index is 2.41. The van der Waals surface area contributed by atoms with Gasteiger partial charge in [-0.3, -0.25) is 0 Å². The minimum Gasteiger partial charge on any atom is -0.0731 e. The Hall–Kier alpha value is -0.520. The van der Waals surface area contributed by atoms with Gasteiger partial charge in [0.25, 0.3) is 0 Å². The lowest BCUT2D eigenvalue weighted by molar-refractivity contribution is 0.625. The number of rotatable bonds is 4. The topological polar surface area (TPSA) is 0 Å². The Morgan fingerprint density at radius 2 is 1.54 bits per heavy atom. The first-order chi connectivity index (χ1) is 6.08. The van der Waals surface area contributed by atoms with E-state index in [1.165, 1.54) is 24.3 Å². The van der Waals surface area contributed by atoms with Gasteiger partial charge in [0.05, 0.1) is 0 Å². The lowest BCUT2D eigenvalue weighted by atomic mass is 9.97. The molecule has 13 heavy (non-hydrogen) atoms. The summed E-state index contributed by atoms with van der Waals surface area (Å²) in [6, 6.07) is 0. The number of hydrogen-bond acceptors (Lipinski definition) is 0. The molecule has 0 saturated carbocycles. The number of allylic oxidation sites excluding steroid dienone is 4. The highest BCUT2D eigenvalue weighted by Crippen LogP contribution is 2.27. The lowest BCUT2D eigenvalue weighted by Crippen LogP contribution is -1.94. The molecule has 1 aliphatic rings. The Labute approximate surface area is 82.7 Å². The van der Waals surface area contributed by atoms with Gasteiger partial charge in [0, 0.05) is 5.92 Å². The maximum Gasteiger partial charge on any atom is 0.0199 e. The summed E-state index contributed by atoms with van der Waals surface area (Å²) in [4.78, 5) is 0. The van der Waals surface area contributed by atoms with Gasteiger partial charge >= 0.3 is 0 Å². The second-order valence-electron chi connectivity index (χ2n) is 4.82. The first-order valence-electron chi connectivity index (χ1n) is 5.32. The van der Waals surface area contributed by atoms with Crippen molar-refractivity contribution >= 4 is 0 Å². The Morgan fingerprint density at radius 3 is 2.08 bits per heavy atom. The standard InChI is InChI=1S/C13H21/c1-10(2)7-12-5-6-13(9-12)8-11(3)4/h5-6,9-11H,7-8H2,1-4H3. The van der Waals surface area contributed by atoms with Crippen LogP contribution >= 0.6 is 0 Å². The smallest absolute Gasteiger partial charge is 0.0199 e. The molecular weight excluding hydrogens is 156 g/mol. The van der Waals surface area contributed by atoms with Gasteiger partial charge in [-0.25, -0.2) is 0 Å². The van der Waals surface area contributed by atoms with Crippen LogP contribution in [0, 0.1) is 17.8 Å². The van der Waals surface area contributed by atoms with Crippen molar-refractivity contribution in [1.29, 1.82) is 0 Å². The molecule has 0 heterocycles. The van der Waals surface area contributed by atoms with E-state index in [1.807, 2.05) is 0 Å². The predicted octanol–water partition coefficient (Wildman–Crippen LogP) is 4.15. The van der Waals surface area contributed by atoms with Gasteiger partial charge in [-0.15, -0.1) is 0 Å². The third kappa shape index (κ3) is 3.80. The SMILES string of the molecule is CC(C)C[C]1C=CC(CC(C)C)=C1. The molecule has 0 nitrogen and oxygen atoms in total. The fourth-order valence-electron chi connectivity index (χ4n) is 1.75. The Kier molecular flexibility index (Phi) is 3.77. The van der Waals surface area contributed by atoms with Gasteiger partial charge in [0.15, 0.2) is 0 Å². The minimum atomic E-state index is 0.772. The first kappa shape index (κ1) is 10.6. The Morgan fingerprint density at radius 1 is 0.923 bits per heavy atom. The van der Waals surface area contributed by atoms with Crippen molar-refractivity contribution in [2.75, 3.05) is 0 Å². The van der Waals surface area contributed by atoms with Crippen LogP contribution in [0.4, 0.5) is 0 Å². The van der Waals surface area contributed by atoms with E-state index in [0.717, 1.165) is 11.8 Å². The number of hydrogen-bond donors (Lipinski definition) is 0. The van der Waals surface area contributed by atoms with E-state index >= 15 is 0 Å². The molecule has 1 rings (SSSR count). The molecule has 1 aliphatic carbocycles. The molecule has 0 spiro atoms. The third-order valence-corrected chi connectivity index (χ3v) is 2.17. The quantitative estimate of drug-likeness (QED) is 0.605. The molecule has 0 aromatic heterocycles. The summed E-state index contributed by atoms with van der Waals surface area (Å²) >= 11 is 0. The van der Waals surface area contributed by atoms with E-state index in [1.54, 1.807) is 0 Å². The third-order valence-electron chi connectivity index (χ3n) is 2.17. The molecule has 0 heteroatoms. The van der Waals surface area contributed by atoms with Gasteiger partial charge in [0.2, 0.25) is 0 Å². The van der Waals surface area contributed by atoms with Crippen LogP contribution in [0.15, 0.2) is 23.8 Å². The second kappa shape index (κ2) is 4.64. The summed E-state index contributed by atoms with van der Waals surface area (Å²) in [6.07, 6.45) is 9.35. The molecule has 0 unspecified atom stereocenters. The zero-order valence-electron chi connectivity index (χ0n) is 9.30. The molecule has 0 fully saturated rings. The van der Waals surface area contributed by atoms with Crippen molar-refractivity contribution < 1.29 is 0 Å². The van der Waals surface area contributed by atoms with Crippen LogP contribution in [-0.4, -0.2) is 0 Å².